The number of methoxy groups -OCH3 is 1. The quantitative estimate of drug-likeness (QED) is 0.773. The first kappa shape index (κ1) is 9.09. The highest BCUT2D eigenvalue weighted by Crippen LogP contribution is 2.34. The number of aromatic amines is 1. The van der Waals surface area contributed by atoms with Crippen LogP contribution >= 0.6 is 11.6 Å². The number of aromatic nitrogens is 1. The van der Waals surface area contributed by atoms with Gasteiger partial charge in [-0.05, 0) is 12.1 Å². The summed E-state index contributed by atoms with van der Waals surface area (Å²) < 4.78 is 5.15. The third-order valence-electron chi connectivity index (χ3n) is 2.11. The molecule has 1 N–H and O–H groups in total. The van der Waals surface area contributed by atoms with E-state index in [0.717, 1.165) is 17.2 Å². The van der Waals surface area contributed by atoms with Crippen LogP contribution in [0.25, 0.3) is 10.9 Å². The molecule has 0 saturated heterocycles. The third kappa shape index (κ3) is 1.17. The molecule has 0 aliphatic rings. The largest absolute Gasteiger partial charge is 0.494 e. The summed E-state index contributed by atoms with van der Waals surface area (Å²) in [5.41, 5.74) is 1.40. The number of hydrogen-bond acceptors (Lipinski definition) is 2. The monoisotopic (exact) mass is 209 g/mol. The molecule has 0 bridgehead atoms. The van der Waals surface area contributed by atoms with Gasteiger partial charge in [0.2, 0.25) is 0 Å². The lowest BCUT2D eigenvalue weighted by molar-refractivity contribution is 0.112. The highest BCUT2D eigenvalue weighted by atomic mass is 35.5. The smallest absolute Gasteiger partial charge is 0.152 e. The van der Waals surface area contributed by atoms with E-state index in [1.54, 1.807) is 12.3 Å². The second-order valence-electron chi connectivity index (χ2n) is 2.87. The lowest BCUT2D eigenvalue weighted by atomic mass is 10.1. The molecule has 1 aromatic carbocycles. The van der Waals surface area contributed by atoms with Crippen molar-refractivity contribution in [3.05, 3.63) is 28.9 Å². The van der Waals surface area contributed by atoms with E-state index in [4.69, 9.17) is 16.3 Å². The molecule has 1 aromatic heterocycles. The summed E-state index contributed by atoms with van der Waals surface area (Å²) in [6.07, 6.45) is 2.41. The Morgan fingerprint density at radius 3 is 2.93 bits per heavy atom. The van der Waals surface area contributed by atoms with Crippen molar-refractivity contribution >= 4 is 28.8 Å². The van der Waals surface area contributed by atoms with Crippen molar-refractivity contribution < 1.29 is 9.53 Å². The highest BCUT2D eigenvalue weighted by molar-refractivity contribution is 6.33. The molecule has 3 nitrogen and oxygen atoms in total. The van der Waals surface area contributed by atoms with Crippen LogP contribution in [0.1, 0.15) is 10.4 Å². The summed E-state index contributed by atoms with van der Waals surface area (Å²) in [6, 6.07) is 3.54. The molecule has 0 atom stereocenters. The third-order valence-corrected chi connectivity index (χ3v) is 2.41. The van der Waals surface area contributed by atoms with Crippen LogP contribution in [0, 0.1) is 0 Å². The maximum atomic E-state index is 10.7. The standard InChI is InChI=1S/C10H8ClNO2/c1-14-10-7(11)2-3-8-9(10)6(5-13)4-12-8/h2-5,12H,1H3. The van der Waals surface area contributed by atoms with Crippen LogP contribution in [0.15, 0.2) is 18.3 Å². The summed E-state index contributed by atoms with van der Waals surface area (Å²) in [4.78, 5) is 13.7. The van der Waals surface area contributed by atoms with Gasteiger partial charge < -0.3 is 9.72 Å². The van der Waals surface area contributed by atoms with Gasteiger partial charge in [0.15, 0.2) is 6.29 Å². The van der Waals surface area contributed by atoms with Gasteiger partial charge in [-0.25, -0.2) is 0 Å². The van der Waals surface area contributed by atoms with E-state index in [2.05, 4.69) is 4.98 Å². The Morgan fingerprint density at radius 1 is 1.50 bits per heavy atom. The second-order valence-corrected chi connectivity index (χ2v) is 3.27. The number of carbonyl (C=O) groups is 1. The first-order valence-electron chi connectivity index (χ1n) is 4.06. The maximum absolute atomic E-state index is 10.7. The molecule has 72 valence electrons. The van der Waals surface area contributed by atoms with Crippen molar-refractivity contribution in [2.45, 2.75) is 0 Å². The van der Waals surface area contributed by atoms with E-state index in [1.165, 1.54) is 7.11 Å². The van der Waals surface area contributed by atoms with E-state index >= 15 is 0 Å². The molecule has 0 unspecified atom stereocenters. The molecule has 14 heavy (non-hydrogen) atoms. The Morgan fingerprint density at radius 2 is 2.29 bits per heavy atom. The zero-order valence-corrected chi connectivity index (χ0v) is 8.26. The van der Waals surface area contributed by atoms with Gasteiger partial charge in [0.05, 0.1) is 17.5 Å². The molecule has 0 amide bonds. The number of hydrogen-bond donors (Lipinski definition) is 1. The number of carbonyl (C=O) groups excluding carboxylic acids is 1. The number of halogens is 1. The number of rotatable bonds is 2. The van der Waals surface area contributed by atoms with Crippen LogP contribution in [-0.4, -0.2) is 18.4 Å². The summed E-state index contributed by atoms with van der Waals surface area (Å²) in [5.74, 6) is 0.535. The first-order valence-corrected chi connectivity index (χ1v) is 4.44. The van der Waals surface area contributed by atoms with Crippen LogP contribution in [0.3, 0.4) is 0 Å². The Kier molecular flexibility index (Phi) is 2.17. The van der Waals surface area contributed by atoms with Crippen LogP contribution in [-0.2, 0) is 0 Å². The normalized spacial score (nSPS) is 10.4. The number of ether oxygens (including phenoxy) is 1. The topological polar surface area (TPSA) is 42.1 Å². The van der Waals surface area contributed by atoms with E-state index in [1.807, 2.05) is 6.07 Å². The summed E-state index contributed by atoms with van der Waals surface area (Å²) >= 11 is 5.93. The van der Waals surface area contributed by atoms with Crippen LogP contribution < -0.4 is 4.74 Å². The van der Waals surface area contributed by atoms with Gasteiger partial charge >= 0.3 is 0 Å². The summed E-state index contributed by atoms with van der Waals surface area (Å²) in [5, 5.41) is 1.23. The lowest BCUT2D eigenvalue weighted by Crippen LogP contribution is -1.87. The molecule has 0 saturated carbocycles. The number of benzene rings is 1. The van der Waals surface area contributed by atoms with Gasteiger partial charge in [-0.15, -0.1) is 0 Å². The average Bonchev–Trinajstić information content (AvgIpc) is 2.61. The van der Waals surface area contributed by atoms with E-state index in [0.29, 0.717) is 16.3 Å². The lowest BCUT2D eigenvalue weighted by Gasteiger charge is -2.04. The summed E-state index contributed by atoms with van der Waals surface area (Å²) in [7, 11) is 1.53. The Bertz CT molecular complexity index is 490. The number of aldehydes is 1. The molecule has 0 fully saturated rings. The van der Waals surface area contributed by atoms with Gasteiger partial charge in [0.25, 0.3) is 0 Å². The minimum Gasteiger partial charge on any atom is -0.494 e. The van der Waals surface area contributed by atoms with E-state index in [9.17, 15) is 4.79 Å². The Hall–Kier alpha value is -1.48. The van der Waals surface area contributed by atoms with E-state index < -0.39 is 0 Å². The SMILES string of the molecule is COc1c(Cl)ccc2[nH]cc(C=O)c12. The molecular formula is C10H8ClNO2. The number of fused-ring (bicyclic) bond motifs is 1. The van der Waals surface area contributed by atoms with Gasteiger partial charge in [0.1, 0.15) is 5.75 Å². The van der Waals surface area contributed by atoms with Gasteiger partial charge in [0, 0.05) is 17.3 Å². The van der Waals surface area contributed by atoms with Gasteiger partial charge in [-0.3, -0.25) is 4.79 Å². The van der Waals surface area contributed by atoms with Gasteiger partial charge in [-0.2, -0.15) is 0 Å². The fraction of sp³-hybridized carbons (Fsp3) is 0.100. The average molecular weight is 210 g/mol. The Labute approximate surface area is 85.6 Å². The maximum Gasteiger partial charge on any atom is 0.152 e. The second kappa shape index (κ2) is 3.35. The minimum absolute atomic E-state index is 0.503. The number of H-pyrrole nitrogens is 1. The van der Waals surface area contributed by atoms with Crippen molar-refractivity contribution in [1.82, 2.24) is 4.98 Å². The predicted octanol–water partition coefficient (Wildman–Crippen LogP) is 2.64. The molecule has 0 spiro atoms. The van der Waals surface area contributed by atoms with Crippen LogP contribution in [0.2, 0.25) is 5.02 Å². The van der Waals surface area contributed by atoms with E-state index in [-0.39, 0.29) is 0 Å². The first-order chi connectivity index (χ1) is 6.77. The van der Waals surface area contributed by atoms with Gasteiger partial charge in [-0.1, -0.05) is 11.6 Å². The molecular weight excluding hydrogens is 202 g/mol. The van der Waals surface area contributed by atoms with Crippen molar-refractivity contribution in [2.24, 2.45) is 0 Å². The highest BCUT2D eigenvalue weighted by Gasteiger charge is 2.11. The number of nitrogens with one attached hydrogen (secondary N) is 1. The van der Waals surface area contributed by atoms with Crippen molar-refractivity contribution in [3.8, 4) is 5.75 Å². The fourth-order valence-electron chi connectivity index (χ4n) is 1.48. The van der Waals surface area contributed by atoms with Crippen molar-refractivity contribution in [3.63, 3.8) is 0 Å². The molecule has 2 rings (SSSR count). The molecule has 4 heteroatoms. The minimum atomic E-state index is 0.503. The Balaban J connectivity index is 2.88. The van der Waals surface area contributed by atoms with Crippen LogP contribution in [0.4, 0.5) is 0 Å². The zero-order valence-electron chi connectivity index (χ0n) is 7.50. The molecule has 2 aromatic rings. The van der Waals surface area contributed by atoms with Crippen LogP contribution in [0.5, 0.6) is 5.75 Å². The summed E-state index contributed by atoms with van der Waals surface area (Å²) in [6.45, 7) is 0. The van der Waals surface area contributed by atoms with Crippen molar-refractivity contribution in [2.75, 3.05) is 7.11 Å². The molecule has 0 radical (unpaired) electrons. The molecule has 1 heterocycles. The predicted molar refractivity (Wildman–Crippen MR) is 55.2 cm³/mol. The van der Waals surface area contributed by atoms with Crippen molar-refractivity contribution in [1.29, 1.82) is 0 Å². The fourth-order valence-corrected chi connectivity index (χ4v) is 1.72. The molecule has 0 aliphatic carbocycles. The zero-order chi connectivity index (χ0) is 10.1. The molecule has 0 aliphatic heterocycles.